The van der Waals surface area contributed by atoms with Gasteiger partial charge in [0.15, 0.2) is 0 Å². The van der Waals surface area contributed by atoms with Crippen LogP contribution >= 0.6 is 0 Å². The third kappa shape index (κ3) is 11.4. The van der Waals surface area contributed by atoms with Crippen molar-refractivity contribution in [3.63, 3.8) is 0 Å². The average Bonchev–Trinajstić information content (AvgIpc) is 2.48. The molecular formula is C19H34O3. The number of hydrogen-bond donors (Lipinski definition) is 0. The minimum atomic E-state index is -0.542. The second-order valence-corrected chi connectivity index (χ2v) is 5.49. The highest BCUT2D eigenvalue weighted by molar-refractivity contribution is 5.59. The largest absolute Gasteiger partial charge is 0.508 e. The fourth-order valence-electron chi connectivity index (χ4n) is 2.45. The summed E-state index contributed by atoms with van der Waals surface area (Å²) in [5.74, 6) is 0. The Morgan fingerprint density at radius 3 is 1.45 bits per heavy atom. The van der Waals surface area contributed by atoms with Crippen molar-refractivity contribution in [1.82, 2.24) is 0 Å². The molecule has 0 unspecified atom stereocenters. The molecule has 0 bridgehead atoms. The van der Waals surface area contributed by atoms with E-state index in [0.29, 0.717) is 13.2 Å². The molecule has 0 rings (SSSR count). The van der Waals surface area contributed by atoms with E-state index < -0.39 is 6.16 Å². The van der Waals surface area contributed by atoms with Gasteiger partial charge in [0, 0.05) is 12.8 Å². The van der Waals surface area contributed by atoms with Crippen LogP contribution in [-0.4, -0.2) is 19.4 Å². The van der Waals surface area contributed by atoms with Crippen LogP contribution in [0.4, 0.5) is 4.79 Å². The molecule has 0 aromatic carbocycles. The van der Waals surface area contributed by atoms with Crippen LogP contribution in [-0.2, 0) is 9.47 Å². The van der Waals surface area contributed by atoms with Crippen molar-refractivity contribution in [2.24, 2.45) is 0 Å². The zero-order valence-electron chi connectivity index (χ0n) is 15.0. The summed E-state index contributed by atoms with van der Waals surface area (Å²) in [4.78, 5) is 11.6. The second kappa shape index (κ2) is 14.7. The summed E-state index contributed by atoms with van der Waals surface area (Å²) in [5.41, 5.74) is 2.74. The lowest BCUT2D eigenvalue weighted by Crippen LogP contribution is -2.10. The van der Waals surface area contributed by atoms with E-state index in [1.54, 1.807) is 0 Å². The Bertz CT molecular complexity index is 311. The summed E-state index contributed by atoms with van der Waals surface area (Å²) >= 11 is 0. The number of allylic oxidation sites excluding steroid dienone is 2. The minimum absolute atomic E-state index is 0.414. The van der Waals surface area contributed by atoms with Crippen molar-refractivity contribution in [3.05, 3.63) is 23.3 Å². The van der Waals surface area contributed by atoms with Gasteiger partial charge in [-0.2, -0.15) is 0 Å². The molecule has 0 heterocycles. The van der Waals surface area contributed by atoms with E-state index in [1.165, 1.54) is 11.1 Å². The van der Waals surface area contributed by atoms with E-state index in [2.05, 4.69) is 39.8 Å². The van der Waals surface area contributed by atoms with Crippen LogP contribution < -0.4 is 0 Å². The second-order valence-electron chi connectivity index (χ2n) is 5.49. The Balaban J connectivity index is 3.90. The summed E-state index contributed by atoms with van der Waals surface area (Å²) < 4.78 is 10.3. The predicted octanol–water partition coefficient (Wildman–Crippen LogP) is 6.19. The lowest BCUT2D eigenvalue weighted by molar-refractivity contribution is 0.0566. The molecule has 0 saturated carbocycles. The molecule has 0 saturated heterocycles. The molecule has 0 aromatic heterocycles. The fourth-order valence-corrected chi connectivity index (χ4v) is 2.45. The molecule has 0 N–H and O–H groups in total. The predicted molar refractivity (Wildman–Crippen MR) is 93.1 cm³/mol. The number of ether oxygens (including phenoxy) is 2. The lowest BCUT2D eigenvalue weighted by atomic mass is 10.1. The lowest BCUT2D eigenvalue weighted by Gasteiger charge is -2.09. The molecule has 22 heavy (non-hydrogen) atoms. The van der Waals surface area contributed by atoms with Gasteiger partial charge in [-0.1, -0.05) is 63.8 Å². The third-order valence-electron chi connectivity index (χ3n) is 3.41. The van der Waals surface area contributed by atoms with Crippen LogP contribution in [0.5, 0.6) is 0 Å². The fraction of sp³-hybridized carbons (Fsp3) is 0.737. The van der Waals surface area contributed by atoms with Crippen LogP contribution in [0, 0.1) is 0 Å². The first-order valence-electron chi connectivity index (χ1n) is 8.83. The number of hydrogen-bond acceptors (Lipinski definition) is 3. The molecule has 0 atom stereocenters. The van der Waals surface area contributed by atoms with E-state index in [9.17, 15) is 4.79 Å². The van der Waals surface area contributed by atoms with Gasteiger partial charge in [0.2, 0.25) is 0 Å². The molecule has 0 aromatic rings. The molecule has 0 radical (unpaired) electrons. The topological polar surface area (TPSA) is 35.5 Å². The van der Waals surface area contributed by atoms with E-state index in [1.807, 2.05) is 0 Å². The van der Waals surface area contributed by atoms with E-state index in [4.69, 9.17) is 9.47 Å². The molecule has 0 amide bonds. The number of carbonyl (C=O) groups excluding carboxylic acids is 1. The van der Waals surface area contributed by atoms with E-state index in [-0.39, 0.29) is 0 Å². The zero-order chi connectivity index (χ0) is 16.6. The number of rotatable bonds is 12. The van der Waals surface area contributed by atoms with E-state index >= 15 is 0 Å². The molecule has 0 aliphatic rings. The summed E-state index contributed by atoms with van der Waals surface area (Å²) in [6.45, 7) is 9.41. The molecule has 0 spiro atoms. The van der Waals surface area contributed by atoms with Crippen LogP contribution in [0.2, 0.25) is 0 Å². The molecule has 3 heteroatoms. The summed E-state index contributed by atoms with van der Waals surface area (Å²) in [7, 11) is 0. The van der Waals surface area contributed by atoms with E-state index in [0.717, 1.165) is 51.4 Å². The first kappa shape index (κ1) is 20.8. The first-order valence-corrected chi connectivity index (χ1v) is 8.83. The average molecular weight is 310 g/mol. The van der Waals surface area contributed by atoms with Gasteiger partial charge in [-0.3, -0.25) is 0 Å². The van der Waals surface area contributed by atoms with Crippen molar-refractivity contribution < 1.29 is 14.3 Å². The summed E-state index contributed by atoms with van der Waals surface area (Å²) in [5, 5.41) is 0. The maximum atomic E-state index is 11.6. The Morgan fingerprint density at radius 1 is 0.727 bits per heavy atom. The monoisotopic (exact) mass is 310 g/mol. The Kier molecular flexibility index (Phi) is 13.8. The molecule has 0 aliphatic heterocycles. The van der Waals surface area contributed by atoms with Gasteiger partial charge in [0.25, 0.3) is 0 Å². The maximum Gasteiger partial charge on any atom is 0.508 e. The zero-order valence-corrected chi connectivity index (χ0v) is 15.0. The first-order chi connectivity index (χ1) is 10.7. The van der Waals surface area contributed by atoms with Crippen molar-refractivity contribution in [3.8, 4) is 0 Å². The van der Waals surface area contributed by atoms with Gasteiger partial charge in [-0.05, 0) is 25.7 Å². The Hall–Kier alpha value is -1.25. The van der Waals surface area contributed by atoms with Gasteiger partial charge in [-0.15, -0.1) is 0 Å². The van der Waals surface area contributed by atoms with Gasteiger partial charge in [0.1, 0.15) is 0 Å². The highest BCUT2D eigenvalue weighted by atomic mass is 16.7. The van der Waals surface area contributed by atoms with Gasteiger partial charge in [0.05, 0.1) is 13.2 Å². The van der Waals surface area contributed by atoms with Gasteiger partial charge >= 0.3 is 6.16 Å². The normalized spacial score (nSPS) is 12.4. The van der Waals surface area contributed by atoms with Crippen molar-refractivity contribution in [2.75, 3.05) is 13.2 Å². The third-order valence-corrected chi connectivity index (χ3v) is 3.41. The molecule has 0 aliphatic carbocycles. The summed E-state index contributed by atoms with van der Waals surface area (Å²) in [6, 6.07) is 0. The van der Waals surface area contributed by atoms with Crippen molar-refractivity contribution in [1.29, 1.82) is 0 Å². The molecule has 3 nitrogen and oxygen atoms in total. The standard InChI is InChI=1S/C19H34O3/c1-5-9-17(10-6-2)13-15-21-19(20)22-16-14-18(11-7-3)12-8-4/h9,11H,5-8,10,12-16H2,1-4H3. The minimum Gasteiger partial charge on any atom is -0.434 e. The smallest absolute Gasteiger partial charge is 0.434 e. The number of carbonyl (C=O) groups is 1. The Morgan fingerprint density at radius 2 is 1.14 bits per heavy atom. The van der Waals surface area contributed by atoms with Gasteiger partial charge < -0.3 is 9.47 Å². The maximum absolute atomic E-state index is 11.6. The quantitative estimate of drug-likeness (QED) is 0.318. The summed E-state index contributed by atoms with van der Waals surface area (Å²) in [6.07, 6.45) is 12.0. The highest BCUT2D eigenvalue weighted by Gasteiger charge is 2.05. The van der Waals surface area contributed by atoms with Crippen LogP contribution in [0.15, 0.2) is 23.3 Å². The van der Waals surface area contributed by atoms with Crippen molar-refractivity contribution >= 4 is 6.16 Å². The highest BCUT2D eigenvalue weighted by Crippen LogP contribution is 2.12. The molecule has 0 fully saturated rings. The molecular weight excluding hydrogens is 276 g/mol. The van der Waals surface area contributed by atoms with Crippen LogP contribution in [0.3, 0.4) is 0 Å². The Labute approximate surface area is 136 Å². The van der Waals surface area contributed by atoms with Crippen LogP contribution in [0.25, 0.3) is 0 Å². The SMILES string of the molecule is CCC=C(CCC)CCOC(=O)OCCC(=CCC)CCC. The van der Waals surface area contributed by atoms with Crippen molar-refractivity contribution in [2.45, 2.75) is 79.1 Å². The van der Waals surface area contributed by atoms with Gasteiger partial charge in [-0.25, -0.2) is 4.79 Å². The molecule has 128 valence electrons. The van der Waals surface area contributed by atoms with Crippen LogP contribution in [0.1, 0.15) is 79.1 Å².